The molecule has 2 unspecified atom stereocenters. The molecule has 0 aromatic heterocycles. The maximum Gasteiger partial charge on any atom is 0.353 e. The molecule has 0 saturated carbocycles. The van der Waals surface area contributed by atoms with Gasteiger partial charge in [-0.25, -0.2) is 4.79 Å². The number of nitrogens with zero attached hydrogens (tertiary/aromatic N) is 1. The molecule has 0 bridgehead atoms. The lowest BCUT2D eigenvalue weighted by Gasteiger charge is -2.24. The van der Waals surface area contributed by atoms with E-state index in [0.29, 0.717) is 25.2 Å². The Hall–Kier alpha value is -1.63. The van der Waals surface area contributed by atoms with Crippen molar-refractivity contribution in [2.24, 2.45) is 10.9 Å². The molecule has 0 amide bonds. The Morgan fingerprint density at radius 1 is 1.41 bits per heavy atom. The number of esters is 1. The van der Waals surface area contributed by atoms with Crippen LogP contribution in [0, 0.1) is 0 Å². The molecule has 1 heterocycles. The van der Waals surface area contributed by atoms with Crippen molar-refractivity contribution < 1.29 is 19.1 Å². The lowest BCUT2D eigenvalue weighted by molar-refractivity contribution is -0.166. The van der Waals surface area contributed by atoms with E-state index in [9.17, 15) is 4.79 Å². The van der Waals surface area contributed by atoms with Crippen LogP contribution in [-0.2, 0) is 25.5 Å². The first-order chi connectivity index (χ1) is 10.1. The van der Waals surface area contributed by atoms with Crippen molar-refractivity contribution in [3.8, 4) is 0 Å². The average Bonchev–Trinajstić information content (AvgIpc) is 2.93. The quantitative estimate of drug-likeness (QED) is 0.796. The Bertz CT molecular complexity index is 524. The van der Waals surface area contributed by atoms with Crippen molar-refractivity contribution in [1.82, 2.24) is 0 Å². The monoisotopic (exact) mass is 328 g/mol. The third kappa shape index (κ3) is 3.97. The molecule has 0 spiro atoms. The van der Waals surface area contributed by atoms with Crippen LogP contribution in [-0.4, -0.2) is 44.2 Å². The summed E-state index contributed by atoms with van der Waals surface area (Å²) in [6, 6.07) is 9.21. The first kappa shape index (κ1) is 18.4. The third-order valence-electron chi connectivity index (χ3n) is 3.47. The smallest absolute Gasteiger partial charge is 0.353 e. The Morgan fingerprint density at radius 3 is 2.68 bits per heavy atom. The molecule has 2 atom stereocenters. The molecule has 0 fully saturated rings. The molecule has 1 aromatic rings. The second-order valence-corrected chi connectivity index (χ2v) is 5.06. The van der Waals surface area contributed by atoms with E-state index in [2.05, 4.69) is 5.16 Å². The fraction of sp³-hybridized carbons (Fsp3) is 0.467. The highest BCUT2D eigenvalue weighted by Crippen LogP contribution is 2.30. The number of methoxy groups -OCH3 is 2. The first-order valence-corrected chi connectivity index (χ1v) is 6.73. The van der Waals surface area contributed by atoms with Gasteiger partial charge in [-0.05, 0) is 5.56 Å². The van der Waals surface area contributed by atoms with Crippen molar-refractivity contribution >= 4 is 24.1 Å². The molecule has 0 aliphatic carbocycles. The van der Waals surface area contributed by atoms with Crippen LogP contribution >= 0.6 is 12.4 Å². The van der Waals surface area contributed by atoms with Gasteiger partial charge in [0.25, 0.3) is 0 Å². The summed E-state index contributed by atoms with van der Waals surface area (Å²) in [5.74, 6) is -0.449. The van der Waals surface area contributed by atoms with Crippen LogP contribution in [0.5, 0.6) is 0 Å². The third-order valence-corrected chi connectivity index (χ3v) is 3.47. The summed E-state index contributed by atoms with van der Waals surface area (Å²) in [6.07, 6.45) is 0.687. The lowest BCUT2D eigenvalue weighted by atomic mass is 9.88. The number of ether oxygens (including phenoxy) is 2. The molecule has 6 nitrogen and oxygen atoms in total. The number of benzene rings is 1. The Labute approximate surface area is 136 Å². The number of carbonyl (C=O) groups excluding carboxylic acids is 1. The predicted octanol–water partition coefficient (Wildman–Crippen LogP) is 1.31. The predicted molar refractivity (Wildman–Crippen MR) is 85.1 cm³/mol. The summed E-state index contributed by atoms with van der Waals surface area (Å²) >= 11 is 0. The maximum atomic E-state index is 12.2. The van der Waals surface area contributed by atoms with Crippen molar-refractivity contribution in [1.29, 1.82) is 0 Å². The van der Waals surface area contributed by atoms with Gasteiger partial charge < -0.3 is 20.0 Å². The minimum absolute atomic E-state index is 0. The summed E-state index contributed by atoms with van der Waals surface area (Å²) in [7, 11) is 2.90. The number of halogens is 1. The molecule has 2 N–H and O–H groups in total. The van der Waals surface area contributed by atoms with Gasteiger partial charge in [0, 0.05) is 20.0 Å². The van der Waals surface area contributed by atoms with Gasteiger partial charge in [-0.15, -0.1) is 12.4 Å². The Balaban J connectivity index is 0.00000242. The molecule has 2 rings (SSSR count). The number of hydrogen-bond acceptors (Lipinski definition) is 6. The van der Waals surface area contributed by atoms with Gasteiger partial charge in [0.05, 0.1) is 25.5 Å². The Kier molecular flexibility index (Phi) is 6.80. The minimum atomic E-state index is -1.14. The highest BCUT2D eigenvalue weighted by Gasteiger charge is 2.48. The number of nitrogens with two attached hydrogens (primary N) is 1. The number of carbonyl (C=O) groups is 1. The molecule has 7 heteroatoms. The summed E-state index contributed by atoms with van der Waals surface area (Å²) in [4.78, 5) is 17.6. The standard InChI is InChI=1S/C15H20N2O4.ClH/c1-19-10-12(16)13-9-15(21-17-13,14(18)20-2)8-11-6-4-3-5-7-11;/h3-7,12H,8-10,16H2,1-2H3;1H. The SMILES string of the molecule is COCC(N)C1=NOC(Cc2ccccc2)(C(=O)OC)C1.Cl. The van der Waals surface area contributed by atoms with Gasteiger partial charge in [0.2, 0.25) is 5.60 Å². The first-order valence-electron chi connectivity index (χ1n) is 6.73. The summed E-state index contributed by atoms with van der Waals surface area (Å²) < 4.78 is 9.90. The van der Waals surface area contributed by atoms with Crippen LogP contribution in [0.2, 0.25) is 0 Å². The zero-order valence-electron chi connectivity index (χ0n) is 12.7. The Morgan fingerprint density at radius 2 is 2.09 bits per heavy atom. The van der Waals surface area contributed by atoms with E-state index in [-0.39, 0.29) is 12.4 Å². The second-order valence-electron chi connectivity index (χ2n) is 5.06. The van der Waals surface area contributed by atoms with Crippen LogP contribution in [0.4, 0.5) is 0 Å². The van der Waals surface area contributed by atoms with E-state index >= 15 is 0 Å². The largest absolute Gasteiger partial charge is 0.466 e. The van der Waals surface area contributed by atoms with Crippen molar-refractivity contribution in [3.63, 3.8) is 0 Å². The fourth-order valence-corrected chi connectivity index (χ4v) is 2.37. The molecule has 0 saturated heterocycles. The summed E-state index contributed by atoms with van der Waals surface area (Å²) in [6.45, 7) is 0.324. The second kappa shape index (κ2) is 8.12. The summed E-state index contributed by atoms with van der Waals surface area (Å²) in [5.41, 5.74) is 6.40. The van der Waals surface area contributed by atoms with Gasteiger partial charge >= 0.3 is 5.97 Å². The van der Waals surface area contributed by atoms with Gasteiger partial charge in [0.15, 0.2) is 0 Å². The van der Waals surface area contributed by atoms with Crippen molar-refractivity contribution in [2.75, 3.05) is 20.8 Å². The van der Waals surface area contributed by atoms with Crippen LogP contribution in [0.15, 0.2) is 35.5 Å². The molecule has 1 aliphatic heterocycles. The molecule has 122 valence electrons. The van der Waals surface area contributed by atoms with Gasteiger partial charge in [-0.1, -0.05) is 35.5 Å². The molecular weight excluding hydrogens is 308 g/mol. The molecular formula is C15H21ClN2O4. The molecule has 0 radical (unpaired) electrons. The zero-order chi connectivity index (χ0) is 15.3. The lowest BCUT2D eigenvalue weighted by Crippen LogP contribution is -2.44. The van der Waals surface area contributed by atoms with Crippen molar-refractivity contribution in [3.05, 3.63) is 35.9 Å². The highest BCUT2D eigenvalue weighted by atomic mass is 35.5. The summed E-state index contributed by atoms with van der Waals surface area (Å²) in [5, 5.41) is 3.98. The highest BCUT2D eigenvalue weighted by molar-refractivity contribution is 5.96. The zero-order valence-corrected chi connectivity index (χ0v) is 13.5. The van der Waals surface area contributed by atoms with E-state index in [0.717, 1.165) is 5.56 Å². The van der Waals surface area contributed by atoms with E-state index in [4.69, 9.17) is 20.0 Å². The fourth-order valence-electron chi connectivity index (χ4n) is 2.37. The van der Waals surface area contributed by atoms with E-state index in [1.165, 1.54) is 7.11 Å². The number of hydrogen-bond donors (Lipinski definition) is 1. The van der Waals surface area contributed by atoms with Crippen LogP contribution in [0.1, 0.15) is 12.0 Å². The molecule has 22 heavy (non-hydrogen) atoms. The van der Waals surface area contributed by atoms with E-state index < -0.39 is 17.6 Å². The maximum absolute atomic E-state index is 12.2. The molecule has 1 aliphatic rings. The normalized spacial score (nSPS) is 21.3. The topological polar surface area (TPSA) is 83.1 Å². The molecule has 1 aromatic carbocycles. The number of oxime groups is 1. The van der Waals surface area contributed by atoms with Crippen molar-refractivity contribution in [2.45, 2.75) is 24.5 Å². The van der Waals surface area contributed by atoms with E-state index in [1.54, 1.807) is 7.11 Å². The van der Waals surface area contributed by atoms with Gasteiger partial charge in [-0.3, -0.25) is 0 Å². The van der Waals surface area contributed by atoms with Crippen LogP contribution in [0.3, 0.4) is 0 Å². The number of rotatable bonds is 6. The average molecular weight is 329 g/mol. The van der Waals surface area contributed by atoms with Gasteiger partial charge in [-0.2, -0.15) is 0 Å². The minimum Gasteiger partial charge on any atom is -0.466 e. The van der Waals surface area contributed by atoms with Gasteiger partial charge in [0.1, 0.15) is 0 Å². The van der Waals surface area contributed by atoms with Crippen LogP contribution in [0.25, 0.3) is 0 Å². The van der Waals surface area contributed by atoms with E-state index in [1.807, 2.05) is 30.3 Å². The van der Waals surface area contributed by atoms with Crippen LogP contribution < -0.4 is 5.73 Å².